The average molecular weight is 303 g/mol. The van der Waals surface area contributed by atoms with Gasteiger partial charge in [-0.05, 0) is 30.2 Å². The van der Waals surface area contributed by atoms with Crippen molar-refractivity contribution in [1.82, 2.24) is 5.32 Å². The zero-order chi connectivity index (χ0) is 16.3. The third kappa shape index (κ3) is 3.17. The molecule has 1 aromatic carbocycles. The smallest absolute Gasteiger partial charge is 0.368 e. The van der Waals surface area contributed by atoms with E-state index in [1.807, 2.05) is 19.1 Å². The van der Waals surface area contributed by atoms with E-state index in [-0.39, 0.29) is 5.84 Å². The molecule has 1 aliphatic heterocycles. The molecular formula is C14H13N3O5. The van der Waals surface area contributed by atoms with Gasteiger partial charge in [-0.25, -0.2) is 0 Å². The Labute approximate surface area is 125 Å². The lowest BCUT2D eigenvalue weighted by molar-refractivity contribution is -0.493. The van der Waals surface area contributed by atoms with E-state index in [4.69, 9.17) is 4.74 Å². The average Bonchev–Trinajstić information content (AvgIpc) is 2.45. The van der Waals surface area contributed by atoms with E-state index in [0.717, 1.165) is 11.1 Å². The number of rotatable bonds is 4. The molecule has 1 unspecified atom stereocenters. The number of aryl methyl sites for hydroxylation is 1. The van der Waals surface area contributed by atoms with Gasteiger partial charge in [0.15, 0.2) is 0 Å². The van der Waals surface area contributed by atoms with Crippen LogP contribution in [0.5, 0.6) is 5.75 Å². The maximum Gasteiger partial charge on any atom is 0.368 e. The Bertz CT molecular complexity index is 708. The molecule has 1 heterocycles. The zero-order valence-electron chi connectivity index (χ0n) is 11.9. The van der Waals surface area contributed by atoms with E-state index in [1.54, 1.807) is 19.3 Å². The molecule has 0 saturated heterocycles. The molecule has 0 aliphatic carbocycles. The number of nitrogens with one attached hydrogen (secondary N) is 1. The number of aliphatic imine (C=N–C) groups is 1. The SMILES string of the molecule is COc1cc(/C=C/C2=NC(=O)C([N+](=O)[O-])C(=O)N2)ccc1C. The van der Waals surface area contributed by atoms with Crippen LogP contribution in [0.1, 0.15) is 11.1 Å². The highest BCUT2D eigenvalue weighted by atomic mass is 16.6. The highest BCUT2D eigenvalue weighted by molar-refractivity contribution is 6.21. The van der Waals surface area contributed by atoms with Crippen molar-refractivity contribution in [1.29, 1.82) is 0 Å². The first-order chi connectivity index (χ1) is 10.4. The molecule has 22 heavy (non-hydrogen) atoms. The first-order valence-electron chi connectivity index (χ1n) is 6.32. The lowest BCUT2D eigenvalue weighted by Crippen LogP contribution is -2.50. The summed E-state index contributed by atoms with van der Waals surface area (Å²) in [4.78, 5) is 36.1. The van der Waals surface area contributed by atoms with Crippen molar-refractivity contribution in [3.63, 3.8) is 0 Å². The van der Waals surface area contributed by atoms with Crippen LogP contribution in [0.25, 0.3) is 6.08 Å². The normalized spacial score (nSPS) is 18.1. The Balaban J connectivity index is 2.21. The standard InChI is InChI=1S/C14H13N3O5/c1-8-3-4-9(7-10(8)22-2)5-6-11-15-13(18)12(17(20)21)14(19)16-11/h3-7,12H,1-2H3,(H,15,16,18,19)/b6-5+. The topological polar surface area (TPSA) is 111 Å². The number of nitrogens with zero attached hydrogens (tertiary/aromatic N) is 2. The Kier molecular flexibility index (Phi) is 4.31. The van der Waals surface area contributed by atoms with E-state index < -0.39 is 22.8 Å². The van der Waals surface area contributed by atoms with Crippen molar-refractivity contribution >= 4 is 23.7 Å². The summed E-state index contributed by atoms with van der Waals surface area (Å²) >= 11 is 0. The monoisotopic (exact) mass is 303 g/mol. The van der Waals surface area contributed by atoms with Gasteiger partial charge in [0.05, 0.1) is 7.11 Å². The first-order valence-corrected chi connectivity index (χ1v) is 6.32. The van der Waals surface area contributed by atoms with Gasteiger partial charge in [0.1, 0.15) is 11.6 Å². The molecule has 8 heteroatoms. The van der Waals surface area contributed by atoms with Gasteiger partial charge >= 0.3 is 17.9 Å². The molecule has 2 rings (SSSR count). The number of hydrogen-bond donors (Lipinski definition) is 1. The number of carbonyl (C=O) groups is 2. The maximum atomic E-state index is 11.5. The van der Waals surface area contributed by atoms with E-state index in [0.29, 0.717) is 5.75 Å². The van der Waals surface area contributed by atoms with Crippen LogP contribution in [0.15, 0.2) is 29.3 Å². The number of amides is 2. The molecule has 1 aliphatic rings. The van der Waals surface area contributed by atoms with Crippen molar-refractivity contribution in [3.8, 4) is 5.75 Å². The van der Waals surface area contributed by atoms with E-state index >= 15 is 0 Å². The number of amidine groups is 1. The number of ether oxygens (including phenoxy) is 1. The second-order valence-electron chi connectivity index (χ2n) is 4.57. The summed E-state index contributed by atoms with van der Waals surface area (Å²) in [6.45, 7) is 1.90. The summed E-state index contributed by atoms with van der Waals surface area (Å²) < 4.78 is 5.19. The van der Waals surface area contributed by atoms with Crippen LogP contribution in [-0.2, 0) is 9.59 Å². The molecule has 114 valence electrons. The van der Waals surface area contributed by atoms with Crippen LogP contribution in [0.4, 0.5) is 0 Å². The van der Waals surface area contributed by atoms with E-state index in [9.17, 15) is 19.7 Å². The predicted octanol–water partition coefficient (Wildman–Crippen LogP) is 0.717. The fourth-order valence-electron chi connectivity index (χ4n) is 1.89. The molecular weight excluding hydrogens is 290 g/mol. The number of carbonyl (C=O) groups excluding carboxylic acids is 2. The Morgan fingerprint density at radius 1 is 1.36 bits per heavy atom. The molecule has 0 saturated carbocycles. The summed E-state index contributed by atoms with van der Waals surface area (Å²) in [5.74, 6) is -1.42. The van der Waals surface area contributed by atoms with Crippen LogP contribution >= 0.6 is 0 Å². The molecule has 2 amide bonds. The third-order valence-corrected chi connectivity index (χ3v) is 3.04. The van der Waals surface area contributed by atoms with Gasteiger partial charge in [0.2, 0.25) is 0 Å². The third-order valence-electron chi connectivity index (χ3n) is 3.04. The number of hydrogen-bond acceptors (Lipinski definition) is 5. The van der Waals surface area contributed by atoms with Crippen molar-refractivity contribution in [2.24, 2.45) is 4.99 Å². The second kappa shape index (κ2) is 6.17. The van der Waals surface area contributed by atoms with Gasteiger partial charge in [-0.1, -0.05) is 18.2 Å². The number of methoxy groups -OCH3 is 1. The van der Waals surface area contributed by atoms with Crippen molar-refractivity contribution in [2.45, 2.75) is 13.0 Å². The molecule has 0 bridgehead atoms. The minimum absolute atomic E-state index is 0.0346. The Hall–Kier alpha value is -3.03. The number of nitro groups is 1. The van der Waals surface area contributed by atoms with Crippen molar-refractivity contribution in [3.05, 3.63) is 45.5 Å². The maximum absolute atomic E-state index is 11.5. The highest BCUT2D eigenvalue weighted by Gasteiger charge is 2.41. The molecule has 0 spiro atoms. The quantitative estimate of drug-likeness (QED) is 0.500. The van der Waals surface area contributed by atoms with Gasteiger partial charge in [-0.3, -0.25) is 19.7 Å². The lowest BCUT2D eigenvalue weighted by atomic mass is 10.1. The molecule has 1 aromatic rings. The van der Waals surface area contributed by atoms with Crippen molar-refractivity contribution < 1.29 is 19.2 Å². The van der Waals surface area contributed by atoms with Gasteiger partial charge < -0.3 is 10.1 Å². The number of benzene rings is 1. The van der Waals surface area contributed by atoms with Crippen LogP contribution in [0, 0.1) is 17.0 Å². The largest absolute Gasteiger partial charge is 0.496 e. The summed E-state index contributed by atoms with van der Waals surface area (Å²) in [7, 11) is 1.55. The lowest BCUT2D eigenvalue weighted by Gasteiger charge is -2.12. The van der Waals surface area contributed by atoms with Gasteiger partial charge in [-0.2, -0.15) is 4.99 Å². The minimum atomic E-state index is -1.98. The fourth-order valence-corrected chi connectivity index (χ4v) is 1.89. The van der Waals surface area contributed by atoms with Crippen LogP contribution in [0.2, 0.25) is 0 Å². The van der Waals surface area contributed by atoms with E-state index in [1.165, 1.54) is 6.08 Å². The zero-order valence-corrected chi connectivity index (χ0v) is 11.9. The first kappa shape index (κ1) is 15.4. The van der Waals surface area contributed by atoms with Gasteiger partial charge in [0.25, 0.3) is 0 Å². The summed E-state index contributed by atoms with van der Waals surface area (Å²) in [6, 6.07) is 3.48. The fraction of sp³-hybridized carbons (Fsp3) is 0.214. The van der Waals surface area contributed by atoms with E-state index in [2.05, 4.69) is 10.3 Å². The summed E-state index contributed by atoms with van der Waals surface area (Å²) in [5.41, 5.74) is 1.73. The molecule has 0 fully saturated rings. The van der Waals surface area contributed by atoms with Gasteiger partial charge in [0, 0.05) is 4.92 Å². The summed E-state index contributed by atoms with van der Waals surface area (Å²) in [5, 5.41) is 12.8. The molecule has 1 atom stereocenters. The predicted molar refractivity (Wildman–Crippen MR) is 78.1 cm³/mol. The second-order valence-corrected chi connectivity index (χ2v) is 4.57. The highest BCUT2D eigenvalue weighted by Crippen LogP contribution is 2.19. The molecule has 8 nitrogen and oxygen atoms in total. The Morgan fingerprint density at radius 3 is 2.68 bits per heavy atom. The summed E-state index contributed by atoms with van der Waals surface area (Å²) in [6.07, 6.45) is 3.01. The van der Waals surface area contributed by atoms with Gasteiger partial charge in [-0.15, -0.1) is 0 Å². The van der Waals surface area contributed by atoms with Crippen LogP contribution in [0.3, 0.4) is 0 Å². The molecule has 0 radical (unpaired) electrons. The minimum Gasteiger partial charge on any atom is -0.496 e. The van der Waals surface area contributed by atoms with Crippen LogP contribution < -0.4 is 10.1 Å². The molecule has 0 aromatic heterocycles. The van der Waals surface area contributed by atoms with Crippen molar-refractivity contribution in [2.75, 3.05) is 7.11 Å². The Morgan fingerprint density at radius 2 is 2.09 bits per heavy atom. The van der Waals surface area contributed by atoms with Crippen LogP contribution in [-0.4, -0.2) is 35.7 Å². The molecule has 1 N–H and O–H groups in total.